The average Bonchev–Trinajstić information content (AvgIpc) is 2.28. The average molecular weight is 287 g/mol. The van der Waals surface area contributed by atoms with Crippen molar-refractivity contribution in [2.24, 2.45) is 5.92 Å². The predicted molar refractivity (Wildman–Crippen MR) is 79.2 cm³/mol. The highest BCUT2D eigenvalue weighted by atomic mass is 35.5. The van der Waals surface area contributed by atoms with E-state index in [1.54, 1.807) is 0 Å². The Morgan fingerprint density at radius 2 is 1.68 bits per heavy atom. The van der Waals surface area contributed by atoms with Gasteiger partial charge in [0.05, 0.1) is 5.56 Å². The van der Waals surface area contributed by atoms with Crippen molar-refractivity contribution < 1.29 is 0 Å². The number of nitrogens with zero attached hydrogens (tertiary/aromatic N) is 1. The van der Waals surface area contributed by atoms with Crippen molar-refractivity contribution in [2.75, 3.05) is 0 Å². The van der Waals surface area contributed by atoms with E-state index in [4.69, 9.17) is 11.6 Å². The van der Waals surface area contributed by atoms with E-state index in [1.165, 1.54) is 4.57 Å². The van der Waals surface area contributed by atoms with E-state index in [0.717, 1.165) is 12.8 Å². The van der Waals surface area contributed by atoms with Gasteiger partial charge in [0, 0.05) is 6.04 Å². The highest BCUT2D eigenvalue weighted by molar-refractivity contribution is 6.30. The Morgan fingerprint density at radius 1 is 1.16 bits per heavy atom. The summed E-state index contributed by atoms with van der Waals surface area (Å²) in [5.74, 6) is 0.289. The van der Waals surface area contributed by atoms with Gasteiger partial charge in [0.25, 0.3) is 5.56 Å². The van der Waals surface area contributed by atoms with E-state index in [1.807, 2.05) is 20.8 Å². The van der Waals surface area contributed by atoms with Gasteiger partial charge in [0.15, 0.2) is 0 Å². The number of aromatic nitrogens is 2. The van der Waals surface area contributed by atoms with Crippen molar-refractivity contribution >= 4 is 11.6 Å². The first-order valence-corrected chi connectivity index (χ1v) is 7.27. The Balaban J connectivity index is 3.48. The highest BCUT2D eigenvalue weighted by Gasteiger charge is 2.22. The summed E-state index contributed by atoms with van der Waals surface area (Å²) in [7, 11) is 0. The summed E-state index contributed by atoms with van der Waals surface area (Å²) >= 11 is 5.98. The van der Waals surface area contributed by atoms with Gasteiger partial charge in [-0.25, -0.2) is 4.79 Å². The molecule has 0 aliphatic heterocycles. The van der Waals surface area contributed by atoms with Gasteiger partial charge < -0.3 is 0 Å². The molecule has 108 valence electrons. The number of hydrogen-bond donors (Lipinski definition) is 1. The van der Waals surface area contributed by atoms with E-state index in [9.17, 15) is 9.59 Å². The first kappa shape index (κ1) is 16.0. The van der Waals surface area contributed by atoms with Crippen LogP contribution in [0.15, 0.2) is 9.59 Å². The fourth-order valence-electron chi connectivity index (χ4n) is 2.59. The van der Waals surface area contributed by atoms with Crippen LogP contribution in [0, 0.1) is 5.92 Å². The molecule has 0 radical (unpaired) electrons. The first-order chi connectivity index (χ1) is 8.84. The molecule has 1 atom stereocenters. The number of hydrogen-bond acceptors (Lipinski definition) is 2. The molecular formula is C14H23ClN2O2. The van der Waals surface area contributed by atoms with Crippen molar-refractivity contribution in [3.05, 3.63) is 31.6 Å². The lowest BCUT2D eigenvalue weighted by molar-refractivity contribution is 0.316. The van der Waals surface area contributed by atoms with Gasteiger partial charge >= 0.3 is 5.69 Å². The van der Waals surface area contributed by atoms with E-state index < -0.39 is 5.69 Å². The molecule has 4 nitrogen and oxygen atoms in total. The third-order valence-corrected chi connectivity index (χ3v) is 4.13. The molecule has 0 spiro atoms. The van der Waals surface area contributed by atoms with Crippen LogP contribution in [0.3, 0.4) is 0 Å². The zero-order valence-electron chi connectivity index (χ0n) is 12.3. The lowest BCUT2D eigenvalue weighted by atomic mass is 9.95. The third kappa shape index (κ3) is 3.11. The third-order valence-electron chi connectivity index (χ3n) is 3.84. The minimum Gasteiger partial charge on any atom is -0.297 e. The SMILES string of the molecule is CCC(CC)C(C)n1c(=O)[nH]c(Cl)c(C(C)C)c1=O. The Bertz CT molecular complexity index is 541. The summed E-state index contributed by atoms with van der Waals surface area (Å²) in [5, 5.41) is 0.165. The number of rotatable bonds is 5. The molecule has 19 heavy (non-hydrogen) atoms. The predicted octanol–water partition coefficient (Wildman–Crippen LogP) is 3.31. The summed E-state index contributed by atoms with van der Waals surface area (Å²) in [6.07, 6.45) is 1.87. The van der Waals surface area contributed by atoms with Crippen molar-refractivity contribution in [3.8, 4) is 0 Å². The van der Waals surface area contributed by atoms with Gasteiger partial charge in [-0.1, -0.05) is 52.1 Å². The Labute approximate surface area is 118 Å². The van der Waals surface area contributed by atoms with Crippen LogP contribution >= 0.6 is 11.6 Å². The molecule has 1 unspecified atom stereocenters. The normalized spacial score (nSPS) is 13.3. The topological polar surface area (TPSA) is 54.9 Å². The van der Waals surface area contributed by atoms with Crippen LogP contribution in [0.25, 0.3) is 0 Å². The summed E-state index contributed by atoms with van der Waals surface area (Å²) < 4.78 is 1.32. The lowest BCUT2D eigenvalue weighted by Gasteiger charge is -2.23. The Hall–Kier alpha value is -1.03. The summed E-state index contributed by atoms with van der Waals surface area (Å²) in [5.41, 5.74) is -0.193. The Kier molecular flexibility index (Phi) is 5.41. The van der Waals surface area contributed by atoms with Crippen LogP contribution in [0.1, 0.15) is 65.0 Å². The maximum absolute atomic E-state index is 12.5. The standard InChI is InChI=1S/C14H23ClN2O2/c1-6-10(7-2)9(5)17-13(18)11(8(3)4)12(15)16-14(17)19/h8-10H,6-7H2,1-5H3,(H,16,19). The molecule has 0 fully saturated rings. The molecule has 0 aromatic carbocycles. The summed E-state index contributed by atoms with van der Waals surface area (Å²) in [6, 6.07) is -0.124. The second-order valence-corrected chi connectivity index (χ2v) is 5.68. The van der Waals surface area contributed by atoms with Gasteiger partial charge in [-0.3, -0.25) is 14.3 Å². The maximum atomic E-state index is 12.5. The van der Waals surface area contributed by atoms with Crippen molar-refractivity contribution in [3.63, 3.8) is 0 Å². The van der Waals surface area contributed by atoms with Crippen molar-refractivity contribution in [1.29, 1.82) is 0 Å². The second kappa shape index (κ2) is 6.42. The second-order valence-electron chi connectivity index (χ2n) is 5.30. The summed E-state index contributed by atoms with van der Waals surface area (Å²) in [4.78, 5) is 27.1. The minimum absolute atomic E-state index is 0.0167. The zero-order chi connectivity index (χ0) is 14.7. The van der Waals surface area contributed by atoms with Crippen molar-refractivity contribution in [1.82, 2.24) is 9.55 Å². The Morgan fingerprint density at radius 3 is 2.11 bits per heavy atom. The van der Waals surface area contributed by atoms with Gasteiger partial charge in [-0.2, -0.15) is 0 Å². The quantitative estimate of drug-likeness (QED) is 0.844. The van der Waals surface area contributed by atoms with E-state index in [0.29, 0.717) is 11.5 Å². The number of nitrogens with one attached hydrogen (secondary N) is 1. The molecule has 0 bridgehead atoms. The van der Waals surface area contributed by atoms with E-state index in [2.05, 4.69) is 18.8 Å². The molecule has 0 saturated carbocycles. The molecule has 0 aliphatic carbocycles. The molecule has 0 saturated heterocycles. The van der Waals surface area contributed by atoms with Crippen LogP contribution in [0.2, 0.25) is 5.15 Å². The van der Waals surface area contributed by atoms with E-state index >= 15 is 0 Å². The number of halogens is 1. The highest BCUT2D eigenvalue weighted by Crippen LogP contribution is 2.23. The van der Waals surface area contributed by atoms with Crippen LogP contribution in [-0.4, -0.2) is 9.55 Å². The number of H-pyrrole nitrogens is 1. The molecule has 0 amide bonds. The van der Waals surface area contributed by atoms with Gasteiger partial charge in [0.1, 0.15) is 5.15 Å². The largest absolute Gasteiger partial charge is 0.329 e. The fraction of sp³-hybridized carbons (Fsp3) is 0.714. The molecule has 0 aliphatic rings. The molecule has 1 aromatic rings. The lowest BCUT2D eigenvalue weighted by Crippen LogP contribution is -2.41. The number of aromatic amines is 1. The molecule has 1 rings (SSSR count). The van der Waals surface area contributed by atoms with Gasteiger partial charge in [0.2, 0.25) is 0 Å². The monoisotopic (exact) mass is 286 g/mol. The zero-order valence-corrected chi connectivity index (χ0v) is 13.0. The fourth-order valence-corrected chi connectivity index (χ4v) is 2.97. The van der Waals surface area contributed by atoms with Gasteiger partial charge in [-0.15, -0.1) is 0 Å². The van der Waals surface area contributed by atoms with E-state index in [-0.39, 0.29) is 22.7 Å². The molecule has 5 heteroatoms. The summed E-state index contributed by atoms with van der Waals surface area (Å²) in [6.45, 7) is 9.86. The molecule has 1 N–H and O–H groups in total. The first-order valence-electron chi connectivity index (χ1n) is 6.89. The molecular weight excluding hydrogens is 264 g/mol. The van der Waals surface area contributed by atoms with Crippen molar-refractivity contribution in [2.45, 2.75) is 59.4 Å². The maximum Gasteiger partial charge on any atom is 0.329 e. The smallest absolute Gasteiger partial charge is 0.297 e. The van der Waals surface area contributed by atoms with Crippen LogP contribution in [0.5, 0.6) is 0 Å². The molecule has 1 heterocycles. The van der Waals surface area contributed by atoms with Crippen LogP contribution in [-0.2, 0) is 0 Å². The van der Waals surface area contributed by atoms with Crippen LogP contribution < -0.4 is 11.2 Å². The van der Waals surface area contributed by atoms with Gasteiger partial charge in [-0.05, 0) is 18.8 Å². The van der Waals surface area contributed by atoms with Crippen LogP contribution in [0.4, 0.5) is 0 Å². The minimum atomic E-state index is -0.418. The molecule has 1 aromatic heterocycles.